The second-order valence-electron chi connectivity index (χ2n) is 9.80. The van der Waals surface area contributed by atoms with Gasteiger partial charge in [0.2, 0.25) is 11.8 Å². The molecule has 1 saturated carbocycles. The molecule has 2 heterocycles. The maximum atomic E-state index is 12.9. The highest BCUT2D eigenvalue weighted by molar-refractivity contribution is 6.07. The first-order chi connectivity index (χ1) is 14.6. The first-order valence-corrected chi connectivity index (χ1v) is 10.9. The number of fused-ring (bicyclic) bond motifs is 1. The van der Waals surface area contributed by atoms with Crippen molar-refractivity contribution in [3.05, 3.63) is 34.9 Å². The Bertz CT molecular complexity index is 945. The van der Waals surface area contributed by atoms with Gasteiger partial charge in [0, 0.05) is 30.6 Å². The van der Waals surface area contributed by atoms with Crippen LogP contribution in [0.4, 0.5) is 0 Å². The number of rotatable bonds is 4. The quantitative estimate of drug-likeness (QED) is 0.630. The number of aliphatic hydroxyl groups is 1. The van der Waals surface area contributed by atoms with E-state index in [1.807, 2.05) is 0 Å². The number of carbonyl (C=O) groups excluding carboxylic acids is 4. The monoisotopic (exact) mass is 427 g/mol. The Hall–Kier alpha value is -2.74. The van der Waals surface area contributed by atoms with Gasteiger partial charge in [-0.1, -0.05) is 19.9 Å². The minimum absolute atomic E-state index is 0.141. The highest BCUT2D eigenvalue weighted by Crippen LogP contribution is 2.40. The van der Waals surface area contributed by atoms with Gasteiger partial charge < -0.3 is 15.3 Å². The van der Waals surface area contributed by atoms with Crippen LogP contribution in [-0.2, 0) is 16.1 Å². The van der Waals surface area contributed by atoms with E-state index in [2.05, 4.69) is 24.5 Å². The summed E-state index contributed by atoms with van der Waals surface area (Å²) in [7, 11) is 0. The van der Waals surface area contributed by atoms with Crippen LogP contribution in [0.1, 0.15) is 78.7 Å². The van der Waals surface area contributed by atoms with Crippen molar-refractivity contribution in [1.29, 1.82) is 0 Å². The lowest BCUT2D eigenvalue weighted by Gasteiger charge is -2.40. The summed E-state index contributed by atoms with van der Waals surface area (Å²) in [6, 6.07) is 4.23. The number of benzene rings is 1. The molecule has 1 atom stereocenters. The van der Waals surface area contributed by atoms with E-state index in [0.717, 1.165) is 12.8 Å². The minimum Gasteiger partial charge on any atom is -0.388 e. The van der Waals surface area contributed by atoms with Gasteiger partial charge in [-0.05, 0) is 55.2 Å². The smallest absolute Gasteiger partial charge is 0.255 e. The second-order valence-corrected chi connectivity index (χ2v) is 9.80. The molecule has 166 valence electrons. The van der Waals surface area contributed by atoms with Gasteiger partial charge in [0.15, 0.2) is 0 Å². The summed E-state index contributed by atoms with van der Waals surface area (Å²) < 4.78 is 0. The van der Waals surface area contributed by atoms with E-state index in [0.29, 0.717) is 29.5 Å². The van der Waals surface area contributed by atoms with Crippen molar-refractivity contribution >= 4 is 23.6 Å². The number of nitrogens with zero attached hydrogens (tertiary/aromatic N) is 1. The van der Waals surface area contributed by atoms with Crippen LogP contribution in [0.5, 0.6) is 0 Å². The maximum absolute atomic E-state index is 12.9. The molecule has 3 N–H and O–H groups in total. The Kier molecular flexibility index (Phi) is 5.37. The van der Waals surface area contributed by atoms with Gasteiger partial charge in [0.1, 0.15) is 6.04 Å². The lowest BCUT2D eigenvalue weighted by atomic mass is 9.71. The van der Waals surface area contributed by atoms with E-state index in [9.17, 15) is 24.3 Å². The molecule has 2 fully saturated rings. The molecular formula is C23H29N3O5. The molecule has 1 aliphatic carbocycles. The molecule has 0 bridgehead atoms. The van der Waals surface area contributed by atoms with E-state index >= 15 is 0 Å². The number of hydrogen-bond donors (Lipinski definition) is 3. The molecule has 4 amide bonds. The Morgan fingerprint density at radius 2 is 1.90 bits per heavy atom. The molecule has 1 aromatic rings. The molecule has 2 aliphatic heterocycles. The molecule has 8 nitrogen and oxygen atoms in total. The summed E-state index contributed by atoms with van der Waals surface area (Å²) in [4.78, 5) is 50.9. The lowest BCUT2D eigenvalue weighted by Crippen LogP contribution is -2.52. The van der Waals surface area contributed by atoms with E-state index in [1.165, 1.54) is 4.90 Å². The molecule has 0 spiro atoms. The number of piperidine rings is 1. The summed E-state index contributed by atoms with van der Waals surface area (Å²) in [5.41, 5.74) is 0.635. The summed E-state index contributed by atoms with van der Waals surface area (Å²) in [6.45, 7) is 4.67. The third kappa shape index (κ3) is 4.21. The summed E-state index contributed by atoms with van der Waals surface area (Å²) in [5, 5.41) is 16.0. The summed E-state index contributed by atoms with van der Waals surface area (Å²) in [6.07, 6.45) is 3.52. The Morgan fingerprint density at radius 1 is 1.19 bits per heavy atom. The van der Waals surface area contributed by atoms with Gasteiger partial charge in [-0.25, -0.2) is 0 Å². The van der Waals surface area contributed by atoms with E-state index < -0.39 is 17.6 Å². The standard InChI is InChI=1S/C23H29N3O5/c1-22(2)8-10-23(31,11-9-22)13-24-19(28)14-4-3-5-15-16(14)12-26(21(15)30)17-6-7-18(27)25-20(17)29/h3-5,17,31H,6-13H2,1-2H3,(H,24,28)(H,25,27,29). The minimum atomic E-state index is -0.919. The van der Waals surface area contributed by atoms with Crippen LogP contribution in [0.2, 0.25) is 0 Å². The van der Waals surface area contributed by atoms with E-state index in [4.69, 9.17) is 0 Å². The van der Waals surface area contributed by atoms with Crippen LogP contribution in [0, 0.1) is 5.41 Å². The Labute approximate surface area is 181 Å². The zero-order chi connectivity index (χ0) is 22.4. The van der Waals surface area contributed by atoms with Gasteiger partial charge in [0.05, 0.1) is 5.60 Å². The van der Waals surface area contributed by atoms with Crippen molar-refractivity contribution < 1.29 is 24.3 Å². The van der Waals surface area contributed by atoms with Gasteiger partial charge in [0.25, 0.3) is 11.8 Å². The highest BCUT2D eigenvalue weighted by atomic mass is 16.3. The number of imide groups is 1. The second kappa shape index (κ2) is 7.75. The largest absolute Gasteiger partial charge is 0.388 e. The number of hydrogen-bond acceptors (Lipinski definition) is 5. The highest BCUT2D eigenvalue weighted by Gasteiger charge is 2.41. The van der Waals surface area contributed by atoms with E-state index in [1.54, 1.807) is 18.2 Å². The van der Waals surface area contributed by atoms with Gasteiger partial charge >= 0.3 is 0 Å². The Balaban J connectivity index is 1.46. The predicted octanol–water partition coefficient (Wildman–Crippen LogP) is 1.51. The molecule has 0 radical (unpaired) electrons. The maximum Gasteiger partial charge on any atom is 0.255 e. The molecule has 1 aromatic carbocycles. The zero-order valence-corrected chi connectivity index (χ0v) is 18.0. The van der Waals surface area contributed by atoms with Crippen LogP contribution in [0.3, 0.4) is 0 Å². The fourth-order valence-corrected chi connectivity index (χ4v) is 4.71. The molecule has 0 aromatic heterocycles. The predicted molar refractivity (Wildman–Crippen MR) is 112 cm³/mol. The van der Waals surface area contributed by atoms with Crippen molar-refractivity contribution in [2.75, 3.05) is 6.54 Å². The van der Waals surface area contributed by atoms with Crippen LogP contribution >= 0.6 is 0 Å². The first kappa shape index (κ1) is 21.5. The molecule has 3 aliphatic rings. The van der Waals surface area contributed by atoms with Crippen LogP contribution in [0.25, 0.3) is 0 Å². The van der Waals surface area contributed by atoms with Crippen LogP contribution < -0.4 is 10.6 Å². The normalized spacial score (nSPS) is 24.5. The molecule has 4 rings (SSSR count). The molecule has 1 unspecified atom stereocenters. The zero-order valence-electron chi connectivity index (χ0n) is 18.0. The van der Waals surface area contributed by atoms with Crippen molar-refractivity contribution in [2.24, 2.45) is 5.41 Å². The fourth-order valence-electron chi connectivity index (χ4n) is 4.71. The average molecular weight is 428 g/mol. The third-order valence-electron chi connectivity index (χ3n) is 6.94. The number of nitrogens with one attached hydrogen (secondary N) is 2. The van der Waals surface area contributed by atoms with Crippen molar-refractivity contribution in [3.8, 4) is 0 Å². The van der Waals surface area contributed by atoms with Gasteiger partial charge in [-0.2, -0.15) is 0 Å². The SMILES string of the molecule is CC1(C)CCC(O)(CNC(=O)c2cccc3c2CN(C2CCC(=O)NC2=O)C3=O)CC1. The fraction of sp³-hybridized carbons (Fsp3) is 0.565. The third-order valence-corrected chi connectivity index (χ3v) is 6.94. The molecule has 8 heteroatoms. The van der Waals surface area contributed by atoms with Gasteiger partial charge in [-0.15, -0.1) is 0 Å². The van der Waals surface area contributed by atoms with Crippen molar-refractivity contribution in [3.63, 3.8) is 0 Å². The number of amides is 4. The van der Waals surface area contributed by atoms with Crippen LogP contribution in [-0.4, -0.2) is 51.8 Å². The molecule has 1 saturated heterocycles. The van der Waals surface area contributed by atoms with Gasteiger partial charge in [-0.3, -0.25) is 24.5 Å². The van der Waals surface area contributed by atoms with Crippen molar-refractivity contribution in [1.82, 2.24) is 15.5 Å². The van der Waals surface area contributed by atoms with Crippen molar-refractivity contribution in [2.45, 2.75) is 70.6 Å². The van der Waals surface area contributed by atoms with E-state index in [-0.39, 0.29) is 49.1 Å². The van der Waals surface area contributed by atoms with Crippen LogP contribution in [0.15, 0.2) is 18.2 Å². The molecular weight excluding hydrogens is 398 g/mol. The topological polar surface area (TPSA) is 116 Å². The summed E-state index contributed by atoms with van der Waals surface area (Å²) >= 11 is 0. The first-order valence-electron chi connectivity index (χ1n) is 10.9. The number of carbonyl (C=O) groups is 4. The Morgan fingerprint density at radius 3 is 2.58 bits per heavy atom. The summed E-state index contributed by atoms with van der Waals surface area (Å²) in [5.74, 6) is -1.47. The molecule has 31 heavy (non-hydrogen) atoms. The average Bonchev–Trinajstić information content (AvgIpc) is 3.05. The lowest BCUT2D eigenvalue weighted by molar-refractivity contribution is -0.136.